The molecule has 0 aliphatic rings. The van der Waals surface area contributed by atoms with Crippen LogP contribution in [0.25, 0.3) is 66.8 Å². The molecular formula is C47H48N3O2Pt-. The third kappa shape index (κ3) is 7.46. The van der Waals surface area contributed by atoms with Gasteiger partial charge in [-0.25, -0.2) is 4.98 Å². The van der Waals surface area contributed by atoms with Gasteiger partial charge in [-0.2, -0.15) is 0 Å². The average molecular weight is 882 g/mol. The van der Waals surface area contributed by atoms with E-state index in [-0.39, 0.29) is 37.6 Å². The Balaban J connectivity index is 0.00000481. The second-order valence-electron chi connectivity index (χ2n) is 16.7. The molecule has 7 aromatic rings. The number of rotatable bonds is 6. The molecule has 0 amide bonds. The molecule has 0 saturated carbocycles. The molecule has 6 heteroatoms. The number of hydrogen-bond acceptors (Lipinski definition) is 5. The molecule has 0 radical (unpaired) electrons. The molecule has 0 bridgehead atoms. The summed E-state index contributed by atoms with van der Waals surface area (Å²) in [6, 6.07) is 28.9. The van der Waals surface area contributed by atoms with E-state index in [0.29, 0.717) is 34.4 Å². The van der Waals surface area contributed by atoms with Crippen molar-refractivity contribution >= 4 is 22.0 Å². The van der Waals surface area contributed by atoms with Crippen molar-refractivity contribution in [1.82, 2.24) is 15.0 Å². The molecular weight excluding hydrogens is 834 g/mol. The van der Waals surface area contributed by atoms with Gasteiger partial charge < -0.3 is 9.52 Å². The predicted octanol–water partition coefficient (Wildman–Crippen LogP) is 12.8. The zero-order valence-electron chi connectivity index (χ0n) is 32.3. The summed E-state index contributed by atoms with van der Waals surface area (Å²) in [5.41, 5.74) is 13.3. The van der Waals surface area contributed by atoms with Gasteiger partial charge in [-0.3, -0.25) is 9.97 Å². The van der Waals surface area contributed by atoms with Crippen LogP contribution in [0.4, 0.5) is 0 Å². The van der Waals surface area contributed by atoms with Gasteiger partial charge in [-0.1, -0.05) is 105 Å². The molecule has 0 atom stereocenters. The minimum Gasteiger partial charge on any atom is -0.507 e. The first-order valence-corrected chi connectivity index (χ1v) is 18.3. The van der Waals surface area contributed by atoms with E-state index in [4.69, 9.17) is 14.4 Å². The van der Waals surface area contributed by atoms with E-state index < -0.39 is 0 Å². The van der Waals surface area contributed by atoms with E-state index in [9.17, 15) is 5.11 Å². The maximum absolute atomic E-state index is 11.1. The van der Waals surface area contributed by atoms with Gasteiger partial charge in [-0.05, 0) is 85.9 Å². The van der Waals surface area contributed by atoms with Gasteiger partial charge in [-0.15, -0.1) is 35.4 Å². The van der Waals surface area contributed by atoms with Gasteiger partial charge in [0.05, 0.1) is 11.1 Å². The van der Waals surface area contributed by atoms with Crippen LogP contribution in [0.1, 0.15) is 103 Å². The fourth-order valence-corrected chi connectivity index (χ4v) is 6.90. The number of aromatic hydroxyl groups is 1. The van der Waals surface area contributed by atoms with Crippen LogP contribution in [0.2, 0.25) is 0 Å². The van der Waals surface area contributed by atoms with Gasteiger partial charge in [0.15, 0.2) is 0 Å². The first kappa shape index (κ1) is 38.1. The third-order valence-corrected chi connectivity index (χ3v) is 10.1. The fourth-order valence-electron chi connectivity index (χ4n) is 6.90. The van der Waals surface area contributed by atoms with Crippen molar-refractivity contribution < 1.29 is 30.6 Å². The molecule has 0 unspecified atom stereocenters. The number of pyridine rings is 2. The summed E-state index contributed by atoms with van der Waals surface area (Å²) < 4.78 is 6.59. The average Bonchev–Trinajstić information content (AvgIpc) is 3.54. The number of phenolic OH excluding ortho intramolecular Hbond substituents is 1. The van der Waals surface area contributed by atoms with Crippen molar-refractivity contribution in [3.05, 3.63) is 120 Å². The minimum atomic E-state index is -0.114. The van der Waals surface area contributed by atoms with E-state index in [1.807, 2.05) is 30.7 Å². The number of fused-ring (bicyclic) bond motifs is 2. The van der Waals surface area contributed by atoms with Crippen LogP contribution in [0.15, 0.2) is 95.8 Å². The van der Waals surface area contributed by atoms with E-state index in [1.54, 1.807) is 6.07 Å². The predicted molar refractivity (Wildman–Crippen MR) is 215 cm³/mol. The maximum atomic E-state index is 11.1. The molecule has 7 rings (SSSR count). The third-order valence-electron chi connectivity index (χ3n) is 10.1. The van der Waals surface area contributed by atoms with Crippen LogP contribution in [0.3, 0.4) is 0 Å². The van der Waals surface area contributed by atoms with Crippen LogP contribution >= 0.6 is 0 Å². The molecule has 5 nitrogen and oxygen atoms in total. The van der Waals surface area contributed by atoms with Gasteiger partial charge in [0.2, 0.25) is 5.89 Å². The van der Waals surface area contributed by atoms with Crippen LogP contribution in [0.5, 0.6) is 5.75 Å². The van der Waals surface area contributed by atoms with Crippen molar-refractivity contribution in [2.75, 3.05) is 0 Å². The minimum absolute atomic E-state index is 0. The molecule has 0 saturated heterocycles. The number of phenols is 1. The molecule has 0 fully saturated rings. The van der Waals surface area contributed by atoms with E-state index in [2.05, 4.69) is 135 Å². The Bertz CT molecular complexity index is 2440. The van der Waals surface area contributed by atoms with Crippen molar-refractivity contribution in [1.29, 1.82) is 0 Å². The summed E-state index contributed by atoms with van der Waals surface area (Å²) in [7, 11) is 0. The van der Waals surface area contributed by atoms with Crippen molar-refractivity contribution in [2.24, 2.45) is 0 Å². The Morgan fingerprint density at radius 2 is 1.34 bits per heavy atom. The first-order valence-electron chi connectivity index (χ1n) is 18.3. The Morgan fingerprint density at radius 3 is 1.98 bits per heavy atom. The molecule has 1 N–H and O–H groups in total. The Hall–Kier alpha value is -4.60. The summed E-state index contributed by atoms with van der Waals surface area (Å²) in [5, 5.41) is 12.1. The zero-order valence-corrected chi connectivity index (χ0v) is 34.6. The molecule has 3 aromatic heterocycles. The normalized spacial score (nSPS) is 12.2. The number of oxazole rings is 1. The summed E-state index contributed by atoms with van der Waals surface area (Å²) in [6.45, 7) is 22.1. The number of aromatic nitrogens is 3. The summed E-state index contributed by atoms with van der Waals surface area (Å²) in [5.74, 6) is 1.26. The van der Waals surface area contributed by atoms with Crippen LogP contribution < -0.4 is 0 Å². The monoisotopic (exact) mass is 881 g/mol. The number of nitrogens with zero attached hydrogens (tertiary/aromatic N) is 3. The quantitative estimate of drug-likeness (QED) is 0.169. The van der Waals surface area contributed by atoms with E-state index in [1.165, 1.54) is 16.7 Å². The number of hydrogen-bond donors (Lipinski definition) is 1. The van der Waals surface area contributed by atoms with Gasteiger partial charge in [0, 0.05) is 50.6 Å². The fraction of sp³-hybridized carbons (Fsp3) is 0.298. The molecule has 0 aliphatic heterocycles. The van der Waals surface area contributed by atoms with Crippen LogP contribution in [-0.2, 0) is 31.9 Å². The Labute approximate surface area is 328 Å². The van der Waals surface area contributed by atoms with Crippen LogP contribution in [-0.4, -0.2) is 20.1 Å². The molecule has 3 heterocycles. The van der Waals surface area contributed by atoms with Gasteiger partial charge in [0.25, 0.3) is 0 Å². The van der Waals surface area contributed by atoms with Crippen molar-refractivity contribution in [3.8, 4) is 50.6 Å². The summed E-state index contributed by atoms with van der Waals surface area (Å²) in [4.78, 5) is 14.6. The van der Waals surface area contributed by atoms with Gasteiger partial charge in [0.1, 0.15) is 11.3 Å². The second kappa shape index (κ2) is 14.3. The summed E-state index contributed by atoms with van der Waals surface area (Å²) >= 11 is 0. The van der Waals surface area contributed by atoms with Gasteiger partial charge >= 0.3 is 0 Å². The molecule has 53 heavy (non-hydrogen) atoms. The molecule has 274 valence electrons. The van der Waals surface area contributed by atoms with E-state index in [0.717, 1.165) is 49.8 Å². The maximum Gasteiger partial charge on any atom is 0.230 e. The topological polar surface area (TPSA) is 72.0 Å². The molecule has 4 aromatic carbocycles. The largest absolute Gasteiger partial charge is 0.507 e. The first-order chi connectivity index (χ1) is 24.6. The summed E-state index contributed by atoms with van der Waals surface area (Å²) in [6.07, 6.45) is 5.69. The zero-order chi connectivity index (χ0) is 37.1. The van der Waals surface area contributed by atoms with Crippen LogP contribution in [0, 0.1) is 6.07 Å². The Morgan fingerprint density at radius 1 is 0.679 bits per heavy atom. The van der Waals surface area contributed by atoms with E-state index >= 15 is 0 Å². The molecule has 0 aliphatic carbocycles. The molecule has 0 spiro atoms. The Kier molecular flexibility index (Phi) is 10.3. The SMILES string of the molecule is CC(C)c1cc(-c2cc(-c3[c-]c(-c4cncc5c(C(C)(C)C)ccnc45)ccc3)c3nc(-c4cc(C(C)(C)C)ccc4O)oc3c2)cc(C(C)C)c1.[Pt]. The van der Waals surface area contributed by atoms with Crippen molar-refractivity contribution in [3.63, 3.8) is 0 Å². The second-order valence-corrected chi connectivity index (χ2v) is 16.7. The van der Waals surface area contributed by atoms with Crippen molar-refractivity contribution in [2.45, 2.75) is 91.9 Å². The number of benzene rings is 4. The smallest absolute Gasteiger partial charge is 0.230 e. The standard InChI is InChI=1S/C47H48N3O2.Pt/c1-27(2)31-19-32(28(3)4)21-33(20-31)34-22-36(44-42(23-34)52-45(50-44)37-24-35(46(5,6)7)14-15-41(37)51)29-12-11-13-30(18-29)38-25-48-26-39-40(47(8,9)10)16-17-49-43(38)39;/h11-17,19-28,51H,1-10H3;/q-1;.